The highest BCUT2D eigenvalue weighted by Crippen LogP contribution is 2.45. The second-order valence-electron chi connectivity index (χ2n) is 9.66. The van der Waals surface area contributed by atoms with E-state index in [9.17, 15) is 9.90 Å². The summed E-state index contributed by atoms with van der Waals surface area (Å²) in [5.41, 5.74) is 7.26. The number of aliphatic carboxylic acids is 1. The van der Waals surface area contributed by atoms with E-state index in [-0.39, 0.29) is 18.0 Å². The third-order valence-electron chi connectivity index (χ3n) is 7.01. The number of carboxylic acids is 1. The summed E-state index contributed by atoms with van der Waals surface area (Å²) < 4.78 is 11.4. The van der Waals surface area contributed by atoms with Gasteiger partial charge in [-0.15, -0.1) is 0 Å². The van der Waals surface area contributed by atoms with Crippen molar-refractivity contribution in [1.29, 1.82) is 0 Å². The molecule has 0 bridgehead atoms. The van der Waals surface area contributed by atoms with E-state index in [2.05, 4.69) is 11.8 Å². The lowest BCUT2D eigenvalue weighted by Gasteiger charge is -2.33. The van der Waals surface area contributed by atoms with Crippen LogP contribution >= 0.6 is 11.6 Å². The summed E-state index contributed by atoms with van der Waals surface area (Å²) >= 11 is 6.33. The molecule has 0 spiro atoms. The summed E-state index contributed by atoms with van der Waals surface area (Å²) in [4.78, 5) is 13.9. The van der Waals surface area contributed by atoms with Crippen LogP contribution in [0.4, 0.5) is 5.69 Å². The van der Waals surface area contributed by atoms with Gasteiger partial charge in [0.1, 0.15) is 6.61 Å². The lowest BCUT2D eigenvalue weighted by Crippen LogP contribution is -2.37. The number of nitrogen functional groups attached to an aromatic ring is 1. The smallest absolute Gasteiger partial charge is 0.348 e. The first-order valence-corrected chi connectivity index (χ1v) is 13.2. The number of hydrogen-bond acceptors (Lipinski definition) is 5. The molecule has 6 nitrogen and oxygen atoms in total. The SMILES string of the molecule is CCCCCCCCCCCN1CCC(Cc2cc(Cl)c(N)c3c2OCC(C(=O)O)O3)CC1. The van der Waals surface area contributed by atoms with Crippen LogP contribution in [0.1, 0.15) is 83.1 Å². The lowest BCUT2D eigenvalue weighted by molar-refractivity contribution is -0.147. The molecule has 1 atom stereocenters. The molecule has 3 N–H and O–H groups in total. The van der Waals surface area contributed by atoms with E-state index in [1.807, 2.05) is 6.07 Å². The Morgan fingerprint density at radius 3 is 2.36 bits per heavy atom. The monoisotopic (exact) mass is 480 g/mol. The van der Waals surface area contributed by atoms with Gasteiger partial charge in [0, 0.05) is 0 Å². The molecule has 0 aromatic heterocycles. The van der Waals surface area contributed by atoms with E-state index in [1.165, 1.54) is 64.3 Å². The van der Waals surface area contributed by atoms with Gasteiger partial charge in [-0.25, -0.2) is 4.79 Å². The van der Waals surface area contributed by atoms with Gasteiger partial charge in [-0.3, -0.25) is 0 Å². The molecular weight excluding hydrogens is 440 g/mol. The molecule has 1 aromatic carbocycles. The van der Waals surface area contributed by atoms with Crippen LogP contribution in [0.2, 0.25) is 5.02 Å². The molecule has 1 fully saturated rings. The van der Waals surface area contributed by atoms with Crippen LogP contribution in [-0.4, -0.2) is 48.3 Å². The number of piperidine rings is 1. The van der Waals surface area contributed by atoms with Crippen LogP contribution in [0.5, 0.6) is 11.5 Å². The number of benzene rings is 1. The fraction of sp³-hybridized carbons (Fsp3) is 0.731. The zero-order valence-electron chi connectivity index (χ0n) is 20.1. The van der Waals surface area contributed by atoms with Crippen molar-refractivity contribution < 1.29 is 19.4 Å². The first-order valence-electron chi connectivity index (χ1n) is 12.8. The van der Waals surface area contributed by atoms with Crippen molar-refractivity contribution in [3.63, 3.8) is 0 Å². The maximum absolute atomic E-state index is 11.3. The van der Waals surface area contributed by atoms with Gasteiger partial charge in [0.15, 0.2) is 11.5 Å². The Kier molecular flexibility index (Phi) is 10.4. The molecule has 2 aliphatic rings. The van der Waals surface area contributed by atoms with Crippen molar-refractivity contribution in [3.05, 3.63) is 16.7 Å². The minimum absolute atomic E-state index is 0.0202. The molecule has 186 valence electrons. The summed E-state index contributed by atoms with van der Waals surface area (Å²) in [5.74, 6) is 0.320. The van der Waals surface area contributed by atoms with E-state index in [0.717, 1.165) is 37.9 Å². The average Bonchev–Trinajstić information content (AvgIpc) is 2.82. The highest BCUT2D eigenvalue weighted by Gasteiger charge is 2.32. The molecule has 7 heteroatoms. The van der Waals surface area contributed by atoms with Crippen molar-refractivity contribution >= 4 is 23.3 Å². The van der Waals surface area contributed by atoms with Gasteiger partial charge in [-0.2, -0.15) is 0 Å². The predicted octanol–water partition coefficient (Wildman–Crippen LogP) is 5.93. The van der Waals surface area contributed by atoms with Crippen LogP contribution in [-0.2, 0) is 11.2 Å². The molecule has 1 aromatic rings. The summed E-state index contributed by atoms with van der Waals surface area (Å²) in [6.07, 6.45) is 14.4. The minimum atomic E-state index is -1.07. The summed E-state index contributed by atoms with van der Waals surface area (Å²) in [6.45, 7) is 5.72. The molecule has 2 aliphatic heterocycles. The molecular formula is C26H41ClN2O4. The predicted molar refractivity (Wildman–Crippen MR) is 134 cm³/mol. The second-order valence-corrected chi connectivity index (χ2v) is 10.1. The van der Waals surface area contributed by atoms with Gasteiger partial charge in [-0.05, 0) is 62.9 Å². The van der Waals surface area contributed by atoms with Crippen LogP contribution in [0.3, 0.4) is 0 Å². The number of anilines is 1. The van der Waals surface area contributed by atoms with E-state index in [1.54, 1.807) is 0 Å². The summed E-state index contributed by atoms with van der Waals surface area (Å²) in [6, 6.07) is 1.86. The molecule has 0 aliphatic carbocycles. The van der Waals surface area contributed by atoms with E-state index in [4.69, 9.17) is 26.8 Å². The standard InChI is InChI=1S/C26H41ClN2O4/c1-2-3-4-5-6-7-8-9-10-13-29-14-11-19(12-15-29)16-20-17-21(27)23(28)25-24(20)32-18-22(33-25)26(30)31/h17,19,22H,2-16,18,28H2,1H3,(H,30,31). The number of rotatable bonds is 13. The molecule has 1 saturated heterocycles. The van der Waals surface area contributed by atoms with Crippen LogP contribution in [0.15, 0.2) is 6.07 Å². The Balaban J connectivity index is 1.39. The lowest BCUT2D eigenvalue weighted by atomic mass is 9.89. The Morgan fingerprint density at radius 2 is 1.73 bits per heavy atom. The molecule has 2 heterocycles. The van der Waals surface area contributed by atoms with Crippen molar-refractivity contribution in [2.45, 2.75) is 90.1 Å². The average molecular weight is 481 g/mol. The number of likely N-dealkylation sites (tertiary alicyclic amines) is 1. The number of nitrogens with zero attached hydrogens (tertiary/aromatic N) is 1. The number of nitrogens with two attached hydrogens (primary N) is 1. The quantitative estimate of drug-likeness (QED) is 0.269. The van der Waals surface area contributed by atoms with Gasteiger partial charge in [0.25, 0.3) is 0 Å². The molecule has 33 heavy (non-hydrogen) atoms. The topological polar surface area (TPSA) is 85.0 Å². The maximum Gasteiger partial charge on any atom is 0.348 e. The Labute approximate surface area is 203 Å². The van der Waals surface area contributed by atoms with Crippen molar-refractivity contribution in [2.24, 2.45) is 5.92 Å². The number of carbonyl (C=O) groups is 1. The van der Waals surface area contributed by atoms with E-state index in [0.29, 0.717) is 16.7 Å². The fourth-order valence-corrected chi connectivity index (χ4v) is 5.15. The van der Waals surface area contributed by atoms with E-state index < -0.39 is 12.1 Å². The Morgan fingerprint density at radius 1 is 1.09 bits per heavy atom. The number of carboxylic acid groups (broad SMARTS) is 1. The van der Waals surface area contributed by atoms with Crippen molar-refractivity contribution in [3.8, 4) is 11.5 Å². The van der Waals surface area contributed by atoms with Gasteiger partial charge in [-0.1, -0.05) is 69.9 Å². The summed E-state index contributed by atoms with van der Waals surface area (Å²) in [7, 11) is 0. The first kappa shape index (κ1) is 26.0. The van der Waals surface area contributed by atoms with Crippen molar-refractivity contribution in [1.82, 2.24) is 4.90 Å². The van der Waals surface area contributed by atoms with Crippen LogP contribution in [0, 0.1) is 5.92 Å². The molecule has 0 radical (unpaired) electrons. The van der Waals surface area contributed by atoms with Gasteiger partial charge in [0.05, 0.1) is 10.7 Å². The van der Waals surface area contributed by atoms with E-state index >= 15 is 0 Å². The first-order chi connectivity index (χ1) is 16.0. The highest BCUT2D eigenvalue weighted by atomic mass is 35.5. The molecule has 3 rings (SSSR count). The normalized spacial score (nSPS) is 19.0. The number of ether oxygens (including phenoxy) is 2. The van der Waals surface area contributed by atoms with Crippen LogP contribution in [0.25, 0.3) is 0 Å². The zero-order valence-corrected chi connectivity index (χ0v) is 20.9. The number of hydrogen-bond donors (Lipinski definition) is 2. The van der Waals surface area contributed by atoms with Crippen molar-refractivity contribution in [2.75, 3.05) is 32.0 Å². The highest BCUT2D eigenvalue weighted by molar-refractivity contribution is 6.33. The number of unbranched alkanes of at least 4 members (excludes halogenated alkanes) is 8. The largest absolute Gasteiger partial charge is 0.485 e. The third-order valence-corrected chi connectivity index (χ3v) is 7.32. The van der Waals surface area contributed by atoms with Crippen LogP contribution < -0.4 is 15.2 Å². The molecule has 0 saturated carbocycles. The Bertz CT molecular complexity index is 765. The number of fused-ring (bicyclic) bond motifs is 1. The van der Waals surface area contributed by atoms with Gasteiger partial charge in [0.2, 0.25) is 6.10 Å². The summed E-state index contributed by atoms with van der Waals surface area (Å²) in [5, 5.41) is 9.63. The van der Waals surface area contributed by atoms with Gasteiger partial charge >= 0.3 is 5.97 Å². The Hall–Kier alpha value is -1.66. The molecule has 1 unspecified atom stereocenters. The molecule has 0 amide bonds. The zero-order chi connectivity index (χ0) is 23.6. The third kappa shape index (κ3) is 7.68. The maximum atomic E-state index is 11.3. The fourth-order valence-electron chi connectivity index (χ4n) is 4.93. The van der Waals surface area contributed by atoms with Gasteiger partial charge < -0.3 is 25.2 Å². The second kappa shape index (κ2) is 13.3. The number of halogens is 1. The minimum Gasteiger partial charge on any atom is -0.485 e.